The summed E-state index contributed by atoms with van der Waals surface area (Å²) in [4.78, 5) is 16.3. The van der Waals surface area contributed by atoms with Crippen LogP contribution in [0.2, 0.25) is 0 Å². The van der Waals surface area contributed by atoms with Crippen LogP contribution in [0.4, 0.5) is 4.39 Å². The van der Waals surface area contributed by atoms with Crippen molar-refractivity contribution in [3.05, 3.63) is 76.3 Å². The van der Waals surface area contributed by atoms with Gasteiger partial charge >= 0.3 is 23.2 Å². The molecule has 31 heavy (non-hydrogen) atoms. The number of aliphatic hydroxyl groups excluding tert-OH is 1. The minimum Gasteiger partial charge on any atom is -0.458 e. The first-order valence-corrected chi connectivity index (χ1v) is 9.85. The molecule has 9 heteroatoms. The summed E-state index contributed by atoms with van der Waals surface area (Å²) in [5.74, 6) is -0.182. The Morgan fingerprint density at radius 1 is 1.16 bits per heavy atom. The van der Waals surface area contributed by atoms with Crippen molar-refractivity contribution < 1.29 is 28.5 Å². The van der Waals surface area contributed by atoms with Crippen LogP contribution < -0.4 is 19.4 Å². The number of aromatic amines is 1. The first-order valence-electron chi connectivity index (χ1n) is 9.85. The smallest absolute Gasteiger partial charge is 0.458 e. The number of hydrogen-bond acceptors (Lipinski definition) is 4. The number of rotatable bonds is 7. The van der Waals surface area contributed by atoms with Gasteiger partial charge in [-0.25, -0.2) is 9.18 Å². The molecule has 0 aliphatic heterocycles. The third-order valence-electron chi connectivity index (χ3n) is 5.02. The molecule has 0 saturated carbocycles. The molecule has 4 aromatic rings. The van der Waals surface area contributed by atoms with E-state index in [4.69, 9.17) is 9.84 Å². The quantitative estimate of drug-likeness (QED) is 0.391. The van der Waals surface area contributed by atoms with Gasteiger partial charge in [0.2, 0.25) is 0 Å². The van der Waals surface area contributed by atoms with E-state index in [2.05, 4.69) is 4.98 Å². The number of hydrogen-bond donors (Lipinski definition) is 3. The average molecular weight is 426 g/mol. The standard InChI is InChI=1S/C22H21FN4O4/c1-25-19-18(20(29)26(22(25)30)11-6-12-28)27(14-15-7-3-2-4-8-15)21(24-19)31-17-10-5-9-16(23)13-17/h2-5,7-10,13,28H,6,11-12,14H2,1H3/p+2. The van der Waals surface area contributed by atoms with Crippen molar-refractivity contribution in [2.45, 2.75) is 19.5 Å². The molecule has 0 radical (unpaired) electrons. The van der Waals surface area contributed by atoms with Gasteiger partial charge in [0, 0.05) is 19.1 Å². The molecule has 0 saturated heterocycles. The maximum Gasteiger partial charge on any atom is 0.463 e. The predicted octanol–water partition coefficient (Wildman–Crippen LogP) is 1.51. The molecule has 0 aliphatic rings. The summed E-state index contributed by atoms with van der Waals surface area (Å²) >= 11 is 0. The summed E-state index contributed by atoms with van der Waals surface area (Å²) in [6, 6.07) is 15.2. The SMILES string of the molecule is C[n+]1c(O)n(CCCO)c(=O)c2c1[nH]c(Oc1cccc(F)c1)[n+]2Cc1ccccc1. The number of H-pyrrole nitrogens is 1. The van der Waals surface area contributed by atoms with E-state index in [-0.39, 0.29) is 36.4 Å². The predicted molar refractivity (Wildman–Crippen MR) is 109 cm³/mol. The molecule has 2 aromatic heterocycles. The lowest BCUT2D eigenvalue weighted by Gasteiger charge is -2.06. The van der Waals surface area contributed by atoms with E-state index in [9.17, 15) is 14.3 Å². The number of nitrogens with one attached hydrogen (secondary N) is 1. The second kappa shape index (κ2) is 8.57. The topological polar surface area (TPSA) is 95.2 Å². The number of ether oxygens (including phenoxy) is 1. The number of aromatic nitrogens is 4. The van der Waals surface area contributed by atoms with Gasteiger partial charge in [0.05, 0.1) is 13.6 Å². The Bertz CT molecular complexity index is 1280. The van der Waals surface area contributed by atoms with Gasteiger partial charge in [-0.1, -0.05) is 36.4 Å². The van der Waals surface area contributed by atoms with Gasteiger partial charge in [0.25, 0.3) is 5.52 Å². The van der Waals surface area contributed by atoms with Crippen LogP contribution in [-0.4, -0.2) is 26.4 Å². The van der Waals surface area contributed by atoms with E-state index in [1.807, 2.05) is 30.3 Å². The fraction of sp³-hybridized carbons (Fsp3) is 0.227. The average Bonchev–Trinajstić information content (AvgIpc) is 3.11. The van der Waals surface area contributed by atoms with Crippen LogP contribution in [-0.2, 0) is 20.1 Å². The normalized spacial score (nSPS) is 11.2. The molecule has 0 unspecified atom stereocenters. The van der Waals surface area contributed by atoms with Gasteiger partial charge < -0.3 is 14.9 Å². The molecule has 0 fully saturated rings. The monoisotopic (exact) mass is 426 g/mol. The number of benzene rings is 2. The molecule has 3 N–H and O–H groups in total. The Morgan fingerprint density at radius 2 is 1.94 bits per heavy atom. The van der Waals surface area contributed by atoms with Crippen molar-refractivity contribution >= 4 is 11.2 Å². The van der Waals surface area contributed by atoms with Crippen LogP contribution in [0.15, 0.2) is 59.4 Å². The second-order valence-corrected chi connectivity index (χ2v) is 7.15. The summed E-state index contributed by atoms with van der Waals surface area (Å²) in [6.07, 6.45) is 0.314. The maximum absolute atomic E-state index is 13.7. The zero-order valence-corrected chi connectivity index (χ0v) is 17.0. The molecular weight excluding hydrogens is 403 g/mol. The summed E-state index contributed by atoms with van der Waals surface area (Å²) in [7, 11) is 1.61. The molecule has 2 heterocycles. The van der Waals surface area contributed by atoms with Gasteiger partial charge in [-0.05, 0) is 17.7 Å². The van der Waals surface area contributed by atoms with Gasteiger partial charge in [-0.2, -0.15) is 18.7 Å². The van der Waals surface area contributed by atoms with Crippen LogP contribution in [0.5, 0.6) is 17.8 Å². The summed E-state index contributed by atoms with van der Waals surface area (Å²) < 4.78 is 23.9. The summed E-state index contributed by atoms with van der Waals surface area (Å²) in [6.45, 7) is 0.353. The number of aliphatic hydroxyl groups is 1. The Labute approximate surface area is 177 Å². The molecule has 0 atom stereocenters. The highest BCUT2D eigenvalue weighted by Crippen LogP contribution is 2.20. The molecular formula is C22H23FN4O4+2. The minimum absolute atomic E-state index is 0.112. The third-order valence-corrected chi connectivity index (χ3v) is 5.02. The van der Waals surface area contributed by atoms with Crippen LogP contribution in [0.1, 0.15) is 12.0 Å². The fourth-order valence-electron chi connectivity index (χ4n) is 3.49. The molecule has 8 nitrogen and oxygen atoms in total. The first kappa shape index (κ1) is 20.5. The molecule has 0 aliphatic carbocycles. The summed E-state index contributed by atoms with van der Waals surface area (Å²) in [5.41, 5.74) is 1.13. The highest BCUT2D eigenvalue weighted by molar-refractivity contribution is 5.62. The van der Waals surface area contributed by atoms with E-state index in [1.165, 1.54) is 27.3 Å². The Kier molecular flexibility index (Phi) is 5.68. The Balaban J connectivity index is 1.93. The highest BCUT2D eigenvalue weighted by atomic mass is 19.1. The van der Waals surface area contributed by atoms with Crippen LogP contribution in [0, 0.1) is 5.82 Å². The molecule has 0 spiro atoms. The Morgan fingerprint density at radius 3 is 2.65 bits per heavy atom. The first-order chi connectivity index (χ1) is 15.0. The minimum atomic E-state index is -0.447. The number of fused-ring (bicyclic) bond motifs is 1. The largest absolute Gasteiger partial charge is 0.463 e. The van der Waals surface area contributed by atoms with Gasteiger partial charge in [-0.3, -0.25) is 0 Å². The van der Waals surface area contributed by atoms with Crippen molar-refractivity contribution in [1.29, 1.82) is 0 Å². The fourth-order valence-corrected chi connectivity index (χ4v) is 3.49. The molecule has 160 valence electrons. The zero-order valence-electron chi connectivity index (χ0n) is 17.0. The molecule has 0 amide bonds. The van der Waals surface area contributed by atoms with Gasteiger partial charge in [0.15, 0.2) is 0 Å². The van der Waals surface area contributed by atoms with Crippen molar-refractivity contribution in [2.75, 3.05) is 6.61 Å². The van der Waals surface area contributed by atoms with Crippen LogP contribution in [0.25, 0.3) is 11.2 Å². The highest BCUT2D eigenvalue weighted by Gasteiger charge is 2.32. The molecule has 4 rings (SSSR count). The number of nitrogens with zero attached hydrogens (tertiary/aromatic N) is 3. The van der Waals surface area contributed by atoms with Gasteiger partial charge in [-0.15, -0.1) is 0 Å². The number of halogens is 1. The lowest BCUT2D eigenvalue weighted by molar-refractivity contribution is -0.678. The number of aryl methyl sites for hydroxylation is 1. The maximum atomic E-state index is 13.7. The zero-order chi connectivity index (χ0) is 22.0. The lowest BCUT2D eigenvalue weighted by atomic mass is 10.2. The van der Waals surface area contributed by atoms with Crippen LogP contribution >= 0.6 is 0 Å². The van der Waals surface area contributed by atoms with Crippen molar-refractivity contribution in [2.24, 2.45) is 7.05 Å². The van der Waals surface area contributed by atoms with Crippen molar-refractivity contribution in [1.82, 2.24) is 9.55 Å². The van der Waals surface area contributed by atoms with Gasteiger partial charge in [0.1, 0.15) is 18.1 Å². The van der Waals surface area contributed by atoms with Crippen molar-refractivity contribution in [3.63, 3.8) is 0 Å². The van der Waals surface area contributed by atoms with Crippen LogP contribution in [0.3, 0.4) is 0 Å². The van der Waals surface area contributed by atoms with Crippen molar-refractivity contribution in [3.8, 4) is 17.8 Å². The second-order valence-electron chi connectivity index (χ2n) is 7.15. The van der Waals surface area contributed by atoms with E-state index in [1.54, 1.807) is 17.7 Å². The third kappa shape index (κ3) is 3.99. The lowest BCUT2D eigenvalue weighted by Crippen LogP contribution is -2.44. The Hall–Kier alpha value is -3.72. The molecule has 0 bridgehead atoms. The van der Waals surface area contributed by atoms with E-state index in [0.29, 0.717) is 18.6 Å². The summed E-state index contributed by atoms with van der Waals surface area (Å²) in [5, 5.41) is 19.7. The number of imidazole rings is 1. The number of aromatic hydroxyl groups is 1. The van der Waals surface area contributed by atoms with E-state index in [0.717, 1.165) is 5.56 Å². The molecule has 2 aromatic carbocycles. The van der Waals surface area contributed by atoms with E-state index >= 15 is 0 Å². The van der Waals surface area contributed by atoms with E-state index < -0.39 is 11.4 Å².